The number of likely N-dealkylation sites (tertiary alicyclic amines) is 1. The minimum atomic E-state index is -0.263. The molecule has 1 aliphatic rings. The van der Waals surface area contributed by atoms with E-state index in [1.165, 1.54) is 19.4 Å². The van der Waals surface area contributed by atoms with Gasteiger partial charge in [-0.15, -0.1) is 0 Å². The number of hydrogen-bond donors (Lipinski definition) is 1. The van der Waals surface area contributed by atoms with Crippen LogP contribution >= 0.6 is 0 Å². The maximum atomic E-state index is 8.54. The molecule has 0 aromatic rings. The molecule has 3 nitrogen and oxygen atoms in total. The van der Waals surface area contributed by atoms with E-state index >= 15 is 0 Å². The van der Waals surface area contributed by atoms with Gasteiger partial charge >= 0.3 is 0 Å². The van der Waals surface area contributed by atoms with Crippen molar-refractivity contribution in [1.29, 1.82) is 5.26 Å². The van der Waals surface area contributed by atoms with E-state index in [1.807, 2.05) is 0 Å². The summed E-state index contributed by atoms with van der Waals surface area (Å²) in [5.74, 6) is 0.637. The predicted octanol–water partition coefficient (Wildman–Crippen LogP) is 0.569. The molecule has 2 unspecified atom stereocenters. The molecular formula is C9H17N3. The van der Waals surface area contributed by atoms with Crippen molar-refractivity contribution >= 4 is 0 Å². The van der Waals surface area contributed by atoms with Crippen LogP contribution in [0.3, 0.4) is 0 Å². The second-order valence-corrected chi connectivity index (χ2v) is 3.74. The average molecular weight is 167 g/mol. The first-order valence-electron chi connectivity index (χ1n) is 4.56. The van der Waals surface area contributed by atoms with Crippen LogP contribution in [0.1, 0.15) is 19.3 Å². The van der Waals surface area contributed by atoms with Crippen molar-refractivity contribution in [3.63, 3.8) is 0 Å². The van der Waals surface area contributed by atoms with Crippen molar-refractivity contribution in [1.82, 2.24) is 4.90 Å². The molecule has 1 saturated heterocycles. The summed E-state index contributed by atoms with van der Waals surface area (Å²) in [5, 5.41) is 8.54. The maximum Gasteiger partial charge on any atom is 0.0931 e. The maximum absolute atomic E-state index is 8.54. The lowest BCUT2D eigenvalue weighted by atomic mass is 9.92. The highest BCUT2D eigenvalue weighted by atomic mass is 15.1. The van der Waals surface area contributed by atoms with Crippen LogP contribution in [-0.4, -0.2) is 31.1 Å². The Morgan fingerprint density at radius 1 is 1.75 bits per heavy atom. The van der Waals surface area contributed by atoms with Crippen molar-refractivity contribution in [3.8, 4) is 6.07 Å². The van der Waals surface area contributed by atoms with Crippen molar-refractivity contribution in [2.45, 2.75) is 25.3 Å². The molecule has 0 aliphatic carbocycles. The molecule has 1 fully saturated rings. The van der Waals surface area contributed by atoms with Gasteiger partial charge in [0.2, 0.25) is 0 Å². The zero-order chi connectivity index (χ0) is 8.97. The Balaban J connectivity index is 2.28. The third-order valence-corrected chi connectivity index (χ3v) is 2.48. The molecule has 0 saturated carbocycles. The summed E-state index contributed by atoms with van der Waals surface area (Å²) in [5.41, 5.74) is 5.57. The van der Waals surface area contributed by atoms with Crippen molar-refractivity contribution in [2.75, 3.05) is 20.1 Å². The fourth-order valence-corrected chi connectivity index (χ4v) is 1.88. The van der Waals surface area contributed by atoms with Crippen LogP contribution in [0.15, 0.2) is 0 Å². The SMILES string of the molecule is CN1CCCC(CC(N)C#N)C1. The summed E-state index contributed by atoms with van der Waals surface area (Å²) < 4.78 is 0. The largest absolute Gasteiger partial charge is 0.316 e. The van der Waals surface area contributed by atoms with Crippen molar-refractivity contribution in [2.24, 2.45) is 11.7 Å². The van der Waals surface area contributed by atoms with Crippen molar-refractivity contribution in [3.05, 3.63) is 0 Å². The summed E-state index contributed by atoms with van der Waals surface area (Å²) in [4.78, 5) is 2.32. The molecule has 0 radical (unpaired) electrons. The van der Waals surface area contributed by atoms with E-state index in [9.17, 15) is 0 Å². The lowest BCUT2D eigenvalue weighted by molar-refractivity contribution is 0.199. The summed E-state index contributed by atoms with van der Waals surface area (Å²) in [6.45, 7) is 2.30. The quantitative estimate of drug-likeness (QED) is 0.654. The van der Waals surface area contributed by atoms with Gasteiger partial charge in [0.25, 0.3) is 0 Å². The summed E-state index contributed by atoms with van der Waals surface area (Å²) >= 11 is 0. The first kappa shape index (κ1) is 9.50. The highest BCUT2D eigenvalue weighted by Gasteiger charge is 2.19. The fourth-order valence-electron chi connectivity index (χ4n) is 1.88. The van der Waals surface area contributed by atoms with Gasteiger partial charge in [-0.25, -0.2) is 0 Å². The van der Waals surface area contributed by atoms with Crippen LogP contribution in [0.2, 0.25) is 0 Å². The number of piperidine rings is 1. The number of nitrogens with zero attached hydrogens (tertiary/aromatic N) is 2. The Hall–Kier alpha value is -0.590. The molecule has 2 N–H and O–H groups in total. The van der Waals surface area contributed by atoms with Gasteiger partial charge in [-0.2, -0.15) is 5.26 Å². The van der Waals surface area contributed by atoms with E-state index in [1.54, 1.807) is 0 Å². The zero-order valence-corrected chi connectivity index (χ0v) is 7.66. The normalized spacial score (nSPS) is 27.9. The summed E-state index contributed by atoms with van der Waals surface area (Å²) in [7, 11) is 2.13. The van der Waals surface area contributed by atoms with Gasteiger partial charge < -0.3 is 10.6 Å². The fraction of sp³-hybridized carbons (Fsp3) is 0.889. The third kappa shape index (κ3) is 2.80. The van der Waals surface area contributed by atoms with Crippen LogP contribution in [-0.2, 0) is 0 Å². The van der Waals surface area contributed by atoms with Gasteiger partial charge in [-0.3, -0.25) is 0 Å². The second-order valence-electron chi connectivity index (χ2n) is 3.74. The van der Waals surface area contributed by atoms with E-state index < -0.39 is 0 Å². The van der Waals surface area contributed by atoms with E-state index in [2.05, 4.69) is 18.0 Å². The van der Waals surface area contributed by atoms with Crippen LogP contribution in [0, 0.1) is 17.2 Å². The molecule has 0 aromatic heterocycles. The Bertz CT molecular complexity index is 173. The first-order valence-corrected chi connectivity index (χ1v) is 4.56. The molecule has 1 aliphatic heterocycles. The first-order chi connectivity index (χ1) is 5.72. The summed E-state index contributed by atoms with van der Waals surface area (Å²) in [6, 6.07) is 1.82. The molecule has 0 aromatic carbocycles. The molecule has 2 atom stereocenters. The van der Waals surface area contributed by atoms with E-state index in [4.69, 9.17) is 11.0 Å². The highest BCUT2D eigenvalue weighted by molar-refractivity contribution is 4.89. The molecular weight excluding hydrogens is 150 g/mol. The molecule has 1 rings (SSSR count). The van der Waals surface area contributed by atoms with Crippen molar-refractivity contribution < 1.29 is 0 Å². The lowest BCUT2D eigenvalue weighted by Gasteiger charge is -2.29. The molecule has 0 spiro atoms. The van der Waals surface area contributed by atoms with Crippen LogP contribution < -0.4 is 5.73 Å². The topological polar surface area (TPSA) is 53.0 Å². The van der Waals surface area contributed by atoms with E-state index in [0.717, 1.165) is 13.0 Å². The number of hydrogen-bond acceptors (Lipinski definition) is 3. The molecule has 0 amide bonds. The van der Waals surface area contributed by atoms with Crippen LogP contribution in [0.4, 0.5) is 0 Å². The van der Waals surface area contributed by atoms with Crippen LogP contribution in [0.25, 0.3) is 0 Å². The monoisotopic (exact) mass is 167 g/mol. The molecule has 3 heteroatoms. The number of nitriles is 1. The van der Waals surface area contributed by atoms with Gasteiger partial charge in [0.1, 0.15) is 0 Å². The molecule has 12 heavy (non-hydrogen) atoms. The predicted molar refractivity (Wildman–Crippen MR) is 48.4 cm³/mol. The molecule has 0 bridgehead atoms. The standard InChI is InChI=1S/C9H17N3/c1-12-4-2-3-8(7-12)5-9(11)6-10/h8-9H,2-5,7,11H2,1H3. The Morgan fingerprint density at radius 3 is 3.08 bits per heavy atom. The second kappa shape index (κ2) is 4.44. The highest BCUT2D eigenvalue weighted by Crippen LogP contribution is 2.18. The average Bonchev–Trinajstić information content (AvgIpc) is 2.04. The summed E-state index contributed by atoms with van der Waals surface area (Å²) in [6.07, 6.45) is 3.35. The Labute approximate surface area is 74.1 Å². The molecule has 68 valence electrons. The van der Waals surface area contributed by atoms with Gasteiger partial charge in [-0.05, 0) is 38.8 Å². The smallest absolute Gasteiger partial charge is 0.0931 e. The zero-order valence-electron chi connectivity index (χ0n) is 7.66. The van der Waals surface area contributed by atoms with Gasteiger partial charge in [0.05, 0.1) is 12.1 Å². The van der Waals surface area contributed by atoms with E-state index in [0.29, 0.717) is 5.92 Å². The molecule has 1 heterocycles. The Morgan fingerprint density at radius 2 is 2.50 bits per heavy atom. The van der Waals surface area contributed by atoms with Gasteiger partial charge in [0, 0.05) is 6.54 Å². The minimum absolute atomic E-state index is 0.263. The number of rotatable bonds is 2. The third-order valence-electron chi connectivity index (χ3n) is 2.48. The number of nitrogens with two attached hydrogens (primary N) is 1. The van der Waals surface area contributed by atoms with Crippen LogP contribution in [0.5, 0.6) is 0 Å². The minimum Gasteiger partial charge on any atom is -0.316 e. The van der Waals surface area contributed by atoms with E-state index in [-0.39, 0.29) is 6.04 Å². The van der Waals surface area contributed by atoms with Gasteiger partial charge in [0.15, 0.2) is 0 Å². The Kier molecular flexibility index (Phi) is 3.51. The lowest BCUT2D eigenvalue weighted by Crippen LogP contribution is -2.35. The van der Waals surface area contributed by atoms with Gasteiger partial charge in [-0.1, -0.05) is 0 Å².